The van der Waals surface area contributed by atoms with Crippen molar-refractivity contribution in [3.05, 3.63) is 89.5 Å². The Morgan fingerprint density at radius 1 is 0.742 bits per heavy atom. The molecule has 0 heterocycles. The Bertz CT molecular complexity index is 1030. The molecule has 0 aromatic heterocycles. The van der Waals surface area contributed by atoms with Gasteiger partial charge in [0.2, 0.25) is 5.91 Å². The second kappa shape index (κ2) is 10.3. The summed E-state index contributed by atoms with van der Waals surface area (Å²) in [7, 11) is 0. The fourth-order valence-electron chi connectivity index (χ4n) is 2.98. The van der Waals surface area contributed by atoms with E-state index in [1.807, 2.05) is 86.6 Å². The number of anilines is 2. The molecular weight excluding hydrogens is 404 g/mol. The van der Waals surface area contributed by atoms with E-state index in [1.165, 1.54) is 17.3 Å². The normalized spacial score (nSPS) is 11.8. The van der Waals surface area contributed by atoms with Crippen LogP contribution >= 0.6 is 11.8 Å². The highest BCUT2D eigenvalue weighted by Gasteiger charge is 2.15. The number of carbonyl (C=O) groups excluding carboxylic acids is 2. The van der Waals surface area contributed by atoms with Gasteiger partial charge in [0.25, 0.3) is 5.91 Å². The van der Waals surface area contributed by atoms with Crippen LogP contribution in [-0.4, -0.2) is 17.1 Å². The van der Waals surface area contributed by atoms with Gasteiger partial charge in [-0.1, -0.05) is 43.7 Å². The van der Waals surface area contributed by atoms with Crippen LogP contribution in [0.4, 0.5) is 11.4 Å². The molecule has 1 atom stereocenters. The van der Waals surface area contributed by atoms with E-state index < -0.39 is 0 Å². The quantitative estimate of drug-likeness (QED) is 0.420. The summed E-state index contributed by atoms with van der Waals surface area (Å²) in [6.07, 6.45) is 0. The molecule has 2 N–H and O–H groups in total. The highest BCUT2D eigenvalue weighted by Crippen LogP contribution is 2.26. The first kappa shape index (κ1) is 22.6. The zero-order valence-corrected chi connectivity index (χ0v) is 19.1. The first-order valence-corrected chi connectivity index (χ1v) is 11.3. The highest BCUT2D eigenvalue weighted by atomic mass is 32.2. The molecule has 0 spiro atoms. The van der Waals surface area contributed by atoms with E-state index in [9.17, 15) is 9.59 Å². The van der Waals surface area contributed by atoms with Crippen LogP contribution in [0.1, 0.15) is 48.2 Å². The monoisotopic (exact) mass is 432 g/mol. The fourth-order valence-corrected chi connectivity index (χ4v) is 3.85. The van der Waals surface area contributed by atoms with E-state index in [0.717, 1.165) is 21.8 Å². The summed E-state index contributed by atoms with van der Waals surface area (Å²) < 4.78 is 0. The van der Waals surface area contributed by atoms with Crippen LogP contribution in [-0.2, 0) is 4.79 Å². The molecule has 0 fully saturated rings. The number of thioether (sulfide) groups is 1. The van der Waals surface area contributed by atoms with Crippen molar-refractivity contribution in [2.75, 3.05) is 10.6 Å². The maximum absolute atomic E-state index is 12.5. The lowest BCUT2D eigenvalue weighted by atomic mass is 10.0. The lowest BCUT2D eigenvalue weighted by Crippen LogP contribution is -2.22. The lowest BCUT2D eigenvalue weighted by molar-refractivity contribution is -0.115. The van der Waals surface area contributed by atoms with Crippen LogP contribution in [0.3, 0.4) is 0 Å². The van der Waals surface area contributed by atoms with Gasteiger partial charge in [-0.15, -0.1) is 11.8 Å². The van der Waals surface area contributed by atoms with Gasteiger partial charge in [-0.2, -0.15) is 0 Å². The first-order chi connectivity index (χ1) is 14.8. The Hall–Kier alpha value is -3.05. The van der Waals surface area contributed by atoms with Crippen molar-refractivity contribution in [2.24, 2.45) is 0 Å². The van der Waals surface area contributed by atoms with Gasteiger partial charge < -0.3 is 10.6 Å². The molecule has 160 valence electrons. The van der Waals surface area contributed by atoms with E-state index in [-0.39, 0.29) is 17.1 Å². The molecule has 0 saturated heterocycles. The van der Waals surface area contributed by atoms with Crippen LogP contribution in [0, 0.1) is 6.92 Å². The number of benzene rings is 3. The smallest absolute Gasteiger partial charge is 0.255 e. The van der Waals surface area contributed by atoms with Gasteiger partial charge in [-0.25, -0.2) is 0 Å². The van der Waals surface area contributed by atoms with Crippen molar-refractivity contribution in [3.8, 4) is 0 Å². The molecule has 0 radical (unpaired) electrons. The van der Waals surface area contributed by atoms with Gasteiger partial charge in [0.05, 0.1) is 5.25 Å². The van der Waals surface area contributed by atoms with Gasteiger partial charge >= 0.3 is 0 Å². The van der Waals surface area contributed by atoms with Crippen LogP contribution in [0.25, 0.3) is 0 Å². The van der Waals surface area contributed by atoms with Crippen molar-refractivity contribution >= 4 is 35.0 Å². The Labute approximate surface area is 188 Å². The zero-order chi connectivity index (χ0) is 22.4. The number of carbonyl (C=O) groups is 2. The van der Waals surface area contributed by atoms with E-state index in [2.05, 4.69) is 24.5 Å². The van der Waals surface area contributed by atoms with Gasteiger partial charge in [-0.05, 0) is 73.9 Å². The molecule has 2 amide bonds. The van der Waals surface area contributed by atoms with Crippen LogP contribution < -0.4 is 10.6 Å². The maximum Gasteiger partial charge on any atom is 0.255 e. The highest BCUT2D eigenvalue weighted by molar-refractivity contribution is 8.00. The van der Waals surface area contributed by atoms with Gasteiger partial charge in [0, 0.05) is 21.8 Å². The van der Waals surface area contributed by atoms with Gasteiger partial charge in [0.15, 0.2) is 0 Å². The van der Waals surface area contributed by atoms with Crippen LogP contribution in [0.5, 0.6) is 0 Å². The van der Waals surface area contributed by atoms with Crippen molar-refractivity contribution in [2.45, 2.75) is 43.8 Å². The minimum atomic E-state index is -0.252. The van der Waals surface area contributed by atoms with E-state index in [0.29, 0.717) is 11.5 Å². The molecule has 3 rings (SSSR count). The molecule has 5 heteroatoms. The molecule has 1 unspecified atom stereocenters. The predicted octanol–water partition coefficient (Wildman–Crippen LogP) is 6.49. The average Bonchev–Trinajstić information content (AvgIpc) is 2.76. The zero-order valence-electron chi connectivity index (χ0n) is 18.3. The maximum atomic E-state index is 12.5. The summed E-state index contributed by atoms with van der Waals surface area (Å²) in [6.45, 7) is 8.16. The van der Waals surface area contributed by atoms with Crippen LogP contribution in [0.2, 0.25) is 0 Å². The van der Waals surface area contributed by atoms with Crippen molar-refractivity contribution in [1.82, 2.24) is 0 Å². The molecular formula is C26H28N2O2S. The summed E-state index contributed by atoms with van der Waals surface area (Å²) in [6, 6.07) is 23.0. The molecule has 4 nitrogen and oxygen atoms in total. The Kier molecular flexibility index (Phi) is 7.53. The second-order valence-corrected chi connectivity index (χ2v) is 9.28. The second-order valence-electron chi connectivity index (χ2n) is 7.87. The van der Waals surface area contributed by atoms with E-state index >= 15 is 0 Å². The van der Waals surface area contributed by atoms with Crippen molar-refractivity contribution < 1.29 is 9.59 Å². The first-order valence-electron chi connectivity index (χ1n) is 10.4. The minimum absolute atomic E-state index is 0.0425. The Morgan fingerprint density at radius 2 is 1.29 bits per heavy atom. The molecule has 0 aliphatic heterocycles. The number of nitrogens with one attached hydrogen (secondary N) is 2. The third-order valence-electron chi connectivity index (χ3n) is 4.95. The number of hydrogen-bond donors (Lipinski definition) is 2. The molecule has 0 aliphatic carbocycles. The van der Waals surface area contributed by atoms with Gasteiger partial charge in [-0.3, -0.25) is 9.59 Å². The largest absolute Gasteiger partial charge is 0.325 e. The summed E-state index contributed by atoms with van der Waals surface area (Å²) in [5, 5.41) is 5.62. The fraction of sp³-hybridized carbons (Fsp3) is 0.231. The Balaban J connectivity index is 1.54. The molecule has 0 bridgehead atoms. The summed E-state index contributed by atoms with van der Waals surface area (Å²) in [5.41, 5.74) is 4.50. The minimum Gasteiger partial charge on any atom is -0.325 e. The van der Waals surface area contributed by atoms with Crippen molar-refractivity contribution in [3.63, 3.8) is 0 Å². The topological polar surface area (TPSA) is 58.2 Å². The van der Waals surface area contributed by atoms with Gasteiger partial charge in [0.1, 0.15) is 0 Å². The number of amides is 2. The van der Waals surface area contributed by atoms with E-state index in [4.69, 9.17) is 0 Å². The third kappa shape index (κ3) is 6.46. The molecule has 3 aromatic rings. The molecule has 3 aromatic carbocycles. The molecule has 31 heavy (non-hydrogen) atoms. The van der Waals surface area contributed by atoms with Crippen molar-refractivity contribution in [1.29, 1.82) is 0 Å². The van der Waals surface area contributed by atoms with Crippen LogP contribution in [0.15, 0.2) is 77.7 Å². The number of hydrogen-bond acceptors (Lipinski definition) is 3. The average molecular weight is 433 g/mol. The summed E-state index contributed by atoms with van der Waals surface area (Å²) in [4.78, 5) is 25.8. The predicted molar refractivity (Wildman–Crippen MR) is 130 cm³/mol. The lowest BCUT2D eigenvalue weighted by Gasteiger charge is -2.13. The SMILES string of the molecule is Cc1ccc(C(=O)Nc2ccc(SC(C)C(=O)Nc3ccc(C(C)C)cc3)cc2)cc1. The molecule has 0 saturated carbocycles. The number of aryl methyl sites for hydroxylation is 1. The van der Waals surface area contributed by atoms with E-state index in [1.54, 1.807) is 0 Å². The third-order valence-corrected chi connectivity index (χ3v) is 6.06. The summed E-state index contributed by atoms with van der Waals surface area (Å²) >= 11 is 1.48. The number of rotatable bonds is 7. The summed E-state index contributed by atoms with van der Waals surface area (Å²) in [5.74, 6) is 0.277. The molecule has 0 aliphatic rings. The Morgan fingerprint density at radius 3 is 1.87 bits per heavy atom. The standard InChI is InChI=1S/C26H28N2O2S/c1-17(2)20-9-11-22(12-10-20)27-25(29)19(4)31-24-15-13-23(14-16-24)28-26(30)21-7-5-18(3)6-8-21/h5-17,19H,1-4H3,(H,27,29)(H,28,30).